The molecule has 2 aromatic carbocycles. The lowest BCUT2D eigenvalue weighted by Crippen LogP contribution is -2.37. The van der Waals surface area contributed by atoms with E-state index in [0.29, 0.717) is 10.9 Å². The summed E-state index contributed by atoms with van der Waals surface area (Å²) in [4.78, 5) is 28.9. The Morgan fingerprint density at radius 2 is 1.79 bits per heavy atom. The van der Waals surface area contributed by atoms with Crippen molar-refractivity contribution in [2.75, 3.05) is 6.26 Å². The van der Waals surface area contributed by atoms with Crippen molar-refractivity contribution in [3.63, 3.8) is 0 Å². The average Bonchev–Trinajstić information content (AvgIpc) is 3.12. The van der Waals surface area contributed by atoms with Gasteiger partial charge in [-0.1, -0.05) is 11.6 Å². The minimum atomic E-state index is -4.08. The lowest BCUT2D eigenvalue weighted by atomic mass is 10.0. The van der Waals surface area contributed by atoms with E-state index < -0.39 is 42.4 Å². The fraction of sp³-hybridized carbons (Fsp3) is 0.231. The van der Waals surface area contributed by atoms with Crippen LogP contribution in [0.15, 0.2) is 64.4 Å². The summed E-state index contributed by atoms with van der Waals surface area (Å²) in [6, 6.07) is 11.6. The molecule has 200 valence electrons. The summed E-state index contributed by atoms with van der Waals surface area (Å²) >= 11 is 0. The molecule has 38 heavy (non-hydrogen) atoms. The molecule has 0 bridgehead atoms. The second-order valence-electron chi connectivity index (χ2n) is 9.29. The molecule has 9 nitrogen and oxygen atoms in total. The van der Waals surface area contributed by atoms with Gasteiger partial charge in [0.05, 0.1) is 16.7 Å². The number of pyridine rings is 1. The highest BCUT2D eigenvalue weighted by atomic mass is 32.2. The second kappa shape index (κ2) is 9.84. The first-order valence-corrected chi connectivity index (χ1v) is 15.0. The first kappa shape index (κ1) is 27.3. The molecule has 1 amide bonds. The van der Waals surface area contributed by atoms with E-state index in [9.17, 15) is 30.8 Å². The molecule has 0 saturated heterocycles. The lowest BCUT2D eigenvalue weighted by Gasteiger charge is -2.15. The second-order valence-corrected chi connectivity index (χ2v) is 13.5. The minimum absolute atomic E-state index is 0.0420. The van der Waals surface area contributed by atoms with Crippen molar-refractivity contribution in [3.05, 3.63) is 87.7 Å². The fourth-order valence-corrected chi connectivity index (χ4v) is 5.39. The zero-order valence-corrected chi connectivity index (χ0v) is 22.7. The van der Waals surface area contributed by atoms with Crippen molar-refractivity contribution in [1.29, 1.82) is 0 Å². The third kappa shape index (κ3) is 5.14. The summed E-state index contributed by atoms with van der Waals surface area (Å²) in [6.07, 6.45) is 2.42. The Morgan fingerprint density at radius 1 is 1.08 bits per heavy atom. The van der Waals surface area contributed by atoms with Gasteiger partial charge in [0.1, 0.15) is 11.5 Å². The number of hydrogen-bond acceptors (Lipinski definition) is 6. The number of carbonyl (C=O) groups excluding carboxylic acids is 1. The number of halogens is 1. The van der Waals surface area contributed by atoms with Crippen LogP contribution in [-0.2, 0) is 26.4 Å². The molecular formula is C26H26FN3O6S2. The first-order chi connectivity index (χ1) is 17.7. The Labute approximate surface area is 219 Å². The number of fused-ring (bicyclic) bond motifs is 1. The molecule has 0 unspecified atom stereocenters. The van der Waals surface area contributed by atoms with Crippen LogP contribution in [0.25, 0.3) is 22.0 Å². The van der Waals surface area contributed by atoms with E-state index in [4.69, 9.17) is 0 Å². The van der Waals surface area contributed by atoms with Gasteiger partial charge < -0.3 is 9.55 Å². The largest absolute Gasteiger partial charge is 0.331 e. The van der Waals surface area contributed by atoms with E-state index in [0.717, 1.165) is 24.0 Å². The van der Waals surface area contributed by atoms with Crippen LogP contribution in [-0.4, -0.2) is 43.8 Å². The molecule has 2 aromatic heterocycles. The third-order valence-corrected chi connectivity index (χ3v) is 8.97. The van der Waals surface area contributed by atoms with Gasteiger partial charge in [-0.3, -0.25) is 9.59 Å². The summed E-state index contributed by atoms with van der Waals surface area (Å²) in [5.41, 5.74) is 0.760. The van der Waals surface area contributed by atoms with E-state index >= 15 is 0 Å². The highest BCUT2D eigenvalue weighted by Gasteiger charge is 2.29. The van der Waals surface area contributed by atoms with Gasteiger partial charge in [-0.15, -0.1) is 0 Å². The number of carbonyl (C=O) groups is 1. The van der Waals surface area contributed by atoms with Gasteiger partial charge in [0.25, 0.3) is 11.5 Å². The monoisotopic (exact) mass is 559 g/mol. The third-order valence-electron chi connectivity index (χ3n) is 6.15. The highest BCUT2D eigenvalue weighted by Crippen LogP contribution is 2.35. The van der Waals surface area contributed by atoms with Gasteiger partial charge >= 0.3 is 0 Å². The van der Waals surface area contributed by atoms with Gasteiger partial charge in [0.15, 0.2) is 9.84 Å². The predicted molar refractivity (Wildman–Crippen MR) is 143 cm³/mol. The molecule has 0 aliphatic carbocycles. The molecule has 4 rings (SSSR count). The molecular weight excluding hydrogens is 533 g/mol. The summed E-state index contributed by atoms with van der Waals surface area (Å²) in [7, 11) is -7.74. The molecule has 0 aliphatic rings. The topological polar surface area (TPSA) is 135 Å². The number of aromatic nitrogens is 2. The van der Waals surface area contributed by atoms with Crippen molar-refractivity contribution in [3.8, 4) is 11.1 Å². The van der Waals surface area contributed by atoms with E-state index in [-0.39, 0.29) is 33.8 Å². The molecule has 0 spiro atoms. The van der Waals surface area contributed by atoms with Gasteiger partial charge in [0, 0.05) is 40.0 Å². The van der Waals surface area contributed by atoms with E-state index in [1.54, 1.807) is 24.3 Å². The van der Waals surface area contributed by atoms with Gasteiger partial charge in [-0.25, -0.2) is 25.9 Å². The molecule has 0 aliphatic heterocycles. The van der Waals surface area contributed by atoms with Gasteiger partial charge in [0.2, 0.25) is 10.0 Å². The standard InChI is InChI=1S/C26H26FN3O6S2/c1-15(2)38(35,36)29-26(32)24-23(19-6-5-11-28-25(19)31)20-12-16(3)7-10-22(20)30(24)14-17-13-18(37(4,33)34)8-9-21(17)27/h5-13,15H,14H2,1-4H3,(H,28,31)(H,29,32). The number of hydrogen-bond donors (Lipinski definition) is 2. The van der Waals surface area contributed by atoms with Gasteiger partial charge in [-0.05, 0) is 63.2 Å². The number of sulfone groups is 1. The molecule has 0 saturated carbocycles. The SMILES string of the molecule is Cc1ccc2c(c1)c(-c1ccc[nH]c1=O)c(C(=O)NS(=O)(=O)C(C)C)n2Cc1cc(S(C)(=O)=O)ccc1F. The van der Waals surface area contributed by atoms with Crippen LogP contribution >= 0.6 is 0 Å². The Morgan fingerprint density at radius 3 is 2.42 bits per heavy atom. The number of nitrogens with one attached hydrogen (secondary N) is 2. The van der Waals surface area contributed by atoms with Crippen LogP contribution in [0, 0.1) is 12.7 Å². The van der Waals surface area contributed by atoms with Crippen LogP contribution in [0.3, 0.4) is 0 Å². The number of benzene rings is 2. The number of aromatic amines is 1. The molecule has 12 heteroatoms. The van der Waals surface area contributed by atoms with Crippen molar-refractivity contribution in [2.24, 2.45) is 0 Å². The number of sulfonamides is 1. The Balaban J connectivity index is 2.08. The van der Waals surface area contributed by atoms with Gasteiger partial charge in [-0.2, -0.15) is 0 Å². The summed E-state index contributed by atoms with van der Waals surface area (Å²) in [6.45, 7) is 4.31. The Kier molecular flexibility index (Phi) is 7.06. The van der Waals surface area contributed by atoms with E-state index in [1.165, 1.54) is 36.7 Å². The predicted octanol–water partition coefficient (Wildman–Crippen LogP) is 3.36. The lowest BCUT2D eigenvalue weighted by molar-refractivity contribution is 0.0973. The van der Waals surface area contributed by atoms with Crippen LogP contribution in [0.2, 0.25) is 0 Å². The Bertz CT molecular complexity index is 1860. The Hall–Kier alpha value is -3.77. The maximum absolute atomic E-state index is 15.0. The molecule has 2 N–H and O–H groups in total. The normalized spacial score (nSPS) is 12.3. The zero-order chi connectivity index (χ0) is 28.0. The van der Waals surface area contributed by atoms with Crippen molar-refractivity contribution in [1.82, 2.24) is 14.3 Å². The maximum atomic E-state index is 15.0. The molecule has 0 atom stereocenters. The molecule has 0 fully saturated rings. The summed E-state index contributed by atoms with van der Waals surface area (Å²) < 4.78 is 67.9. The van der Waals surface area contributed by atoms with E-state index in [2.05, 4.69) is 9.71 Å². The molecule has 0 radical (unpaired) electrons. The van der Waals surface area contributed by atoms with Crippen LogP contribution in [0.5, 0.6) is 0 Å². The quantitative estimate of drug-likeness (QED) is 0.334. The number of H-pyrrole nitrogens is 1. The van der Waals surface area contributed by atoms with Crippen LogP contribution < -0.4 is 10.3 Å². The average molecular weight is 560 g/mol. The molecule has 2 heterocycles. The van der Waals surface area contributed by atoms with Crippen LogP contribution in [0.1, 0.15) is 35.5 Å². The van der Waals surface area contributed by atoms with Crippen molar-refractivity contribution in [2.45, 2.75) is 37.5 Å². The summed E-state index contributed by atoms with van der Waals surface area (Å²) in [5, 5.41) is -0.465. The summed E-state index contributed by atoms with van der Waals surface area (Å²) in [5.74, 6) is -1.72. The molecule has 4 aromatic rings. The first-order valence-electron chi connectivity index (χ1n) is 11.6. The van der Waals surface area contributed by atoms with E-state index in [1.807, 2.05) is 6.92 Å². The van der Waals surface area contributed by atoms with Crippen molar-refractivity contribution >= 4 is 36.7 Å². The number of amides is 1. The minimum Gasteiger partial charge on any atom is -0.331 e. The fourth-order valence-electron chi connectivity index (χ4n) is 4.13. The highest BCUT2D eigenvalue weighted by molar-refractivity contribution is 7.91. The van der Waals surface area contributed by atoms with Crippen molar-refractivity contribution < 1.29 is 26.0 Å². The zero-order valence-electron chi connectivity index (χ0n) is 21.1. The maximum Gasteiger partial charge on any atom is 0.282 e. The van der Waals surface area contributed by atoms with Crippen LogP contribution in [0.4, 0.5) is 4.39 Å². The number of rotatable bonds is 7. The smallest absolute Gasteiger partial charge is 0.282 e. The number of aryl methyl sites for hydroxylation is 1. The number of nitrogens with zero attached hydrogens (tertiary/aromatic N) is 1.